The highest BCUT2D eigenvalue weighted by molar-refractivity contribution is 6.18. The Labute approximate surface area is 180 Å². The number of rotatable bonds is 6. The molecule has 2 heterocycles. The van der Waals surface area contributed by atoms with Gasteiger partial charge >= 0.3 is 0 Å². The zero-order valence-corrected chi connectivity index (χ0v) is 17.1. The number of carbonyl (C=O) groups is 2. The van der Waals surface area contributed by atoms with E-state index in [0.29, 0.717) is 35.3 Å². The number of nitrogens with zero attached hydrogens (tertiary/aromatic N) is 3. The molecule has 2 aromatic carbocycles. The van der Waals surface area contributed by atoms with Crippen LogP contribution < -0.4 is 15.0 Å². The minimum Gasteiger partial charge on any atom is -0.492 e. The van der Waals surface area contributed by atoms with Crippen molar-refractivity contribution in [1.29, 1.82) is 0 Å². The average Bonchev–Trinajstić information content (AvgIpc) is 2.92. The lowest BCUT2D eigenvalue weighted by Gasteiger charge is -2.21. The number of aromatic nitrogens is 1. The normalized spacial score (nSPS) is 13.1. The Bertz CT molecular complexity index is 1130. The van der Waals surface area contributed by atoms with Crippen molar-refractivity contribution in [2.75, 3.05) is 23.4 Å². The van der Waals surface area contributed by atoms with E-state index in [2.05, 4.69) is 15.3 Å². The first-order valence-electron chi connectivity index (χ1n) is 10.1. The fourth-order valence-electron chi connectivity index (χ4n) is 3.37. The number of amides is 2. The van der Waals surface area contributed by atoms with Crippen LogP contribution in [0, 0.1) is 0 Å². The van der Waals surface area contributed by atoms with Crippen LogP contribution in [0.2, 0.25) is 0 Å². The van der Waals surface area contributed by atoms with Gasteiger partial charge in [-0.3, -0.25) is 14.5 Å². The Kier molecular flexibility index (Phi) is 6.03. The molecule has 0 saturated heterocycles. The van der Waals surface area contributed by atoms with E-state index in [9.17, 15) is 9.59 Å². The number of ether oxygens (including phenoxy) is 1. The number of pyridine rings is 1. The lowest BCUT2D eigenvalue weighted by Crippen LogP contribution is -2.39. The summed E-state index contributed by atoms with van der Waals surface area (Å²) < 4.78 is 5.56. The predicted molar refractivity (Wildman–Crippen MR) is 120 cm³/mol. The molecule has 1 aromatic heterocycles. The molecule has 156 valence electrons. The molecule has 0 radical (unpaired) electrons. The molecular formula is C24H22N4O3. The lowest BCUT2D eigenvalue weighted by molar-refractivity contribution is -0.120. The molecule has 0 spiro atoms. The molecule has 0 unspecified atom stereocenters. The average molecular weight is 414 g/mol. The second-order valence-electron chi connectivity index (χ2n) is 6.90. The number of carbonyl (C=O) groups excluding carboxylic acids is 2. The molecule has 1 aliphatic rings. The zero-order valence-electron chi connectivity index (χ0n) is 17.1. The Morgan fingerprint density at radius 1 is 1.06 bits per heavy atom. The summed E-state index contributed by atoms with van der Waals surface area (Å²) in [5.41, 5.74) is 2.61. The summed E-state index contributed by atoms with van der Waals surface area (Å²) in [5, 5.41) is 2.83. The third-order valence-electron chi connectivity index (χ3n) is 4.77. The molecule has 0 fully saturated rings. The Balaban J connectivity index is 1.59. The molecule has 0 saturated carbocycles. The van der Waals surface area contributed by atoms with Gasteiger partial charge in [-0.15, -0.1) is 0 Å². The van der Waals surface area contributed by atoms with Gasteiger partial charge in [0.05, 0.1) is 24.4 Å². The summed E-state index contributed by atoms with van der Waals surface area (Å²) in [6.45, 7) is 2.18. The van der Waals surface area contributed by atoms with Gasteiger partial charge in [0.15, 0.2) is 5.82 Å². The van der Waals surface area contributed by atoms with E-state index in [1.165, 1.54) is 4.90 Å². The van der Waals surface area contributed by atoms with Crippen LogP contribution in [-0.4, -0.2) is 35.7 Å². The largest absolute Gasteiger partial charge is 0.492 e. The van der Waals surface area contributed by atoms with E-state index in [-0.39, 0.29) is 24.8 Å². The quantitative estimate of drug-likeness (QED) is 0.661. The number of para-hydroxylation sites is 2. The van der Waals surface area contributed by atoms with E-state index in [1.54, 1.807) is 30.5 Å². The number of anilines is 2. The van der Waals surface area contributed by atoms with Gasteiger partial charge < -0.3 is 10.1 Å². The molecule has 0 atom stereocenters. The fraction of sp³-hybridized carbons (Fsp3) is 0.167. The Morgan fingerprint density at radius 2 is 1.84 bits per heavy atom. The maximum atomic E-state index is 13.1. The van der Waals surface area contributed by atoms with Gasteiger partial charge in [0.25, 0.3) is 0 Å². The van der Waals surface area contributed by atoms with Gasteiger partial charge in [-0.25, -0.2) is 9.98 Å². The van der Waals surface area contributed by atoms with Crippen LogP contribution in [0.1, 0.15) is 18.9 Å². The van der Waals surface area contributed by atoms with E-state index in [1.807, 2.05) is 49.4 Å². The van der Waals surface area contributed by atoms with Crippen molar-refractivity contribution in [3.63, 3.8) is 0 Å². The zero-order chi connectivity index (χ0) is 21.6. The number of hydrogen-bond acceptors (Lipinski definition) is 5. The molecule has 2 amide bonds. The minimum absolute atomic E-state index is 0.0726. The number of aliphatic imine (C=N–C) groups is 1. The Morgan fingerprint density at radius 3 is 2.65 bits per heavy atom. The maximum Gasteiger partial charge on any atom is 0.244 e. The number of nitrogens with one attached hydrogen (secondary N) is 1. The molecule has 7 nitrogen and oxygen atoms in total. The topological polar surface area (TPSA) is 83.9 Å². The highest BCUT2D eigenvalue weighted by Crippen LogP contribution is 2.31. The van der Waals surface area contributed by atoms with E-state index < -0.39 is 0 Å². The molecule has 7 heteroatoms. The Hall–Kier alpha value is -4.00. The van der Waals surface area contributed by atoms with Gasteiger partial charge in [0, 0.05) is 6.20 Å². The maximum absolute atomic E-state index is 13.1. The molecule has 4 rings (SSSR count). The first kappa shape index (κ1) is 20.3. The highest BCUT2D eigenvalue weighted by Gasteiger charge is 2.27. The SMILES string of the molecule is CCOc1ccccc1NC(=O)CN1C(=O)CC(c2ccccc2)=Nc2cccnc21. The highest BCUT2D eigenvalue weighted by atomic mass is 16.5. The fourth-order valence-corrected chi connectivity index (χ4v) is 3.37. The summed E-state index contributed by atoms with van der Waals surface area (Å²) in [6.07, 6.45) is 1.66. The molecular weight excluding hydrogens is 392 g/mol. The van der Waals surface area contributed by atoms with Gasteiger partial charge in [-0.05, 0) is 36.8 Å². The summed E-state index contributed by atoms with van der Waals surface area (Å²) >= 11 is 0. The van der Waals surface area contributed by atoms with Gasteiger partial charge in [0.2, 0.25) is 11.8 Å². The number of hydrogen-bond donors (Lipinski definition) is 1. The van der Waals surface area contributed by atoms with Crippen molar-refractivity contribution in [3.05, 3.63) is 78.5 Å². The minimum atomic E-state index is -0.347. The van der Waals surface area contributed by atoms with Crippen LogP contribution in [0.3, 0.4) is 0 Å². The van der Waals surface area contributed by atoms with Crippen molar-refractivity contribution in [1.82, 2.24) is 4.98 Å². The van der Waals surface area contributed by atoms with Crippen LogP contribution >= 0.6 is 0 Å². The smallest absolute Gasteiger partial charge is 0.244 e. The van der Waals surface area contributed by atoms with Crippen molar-refractivity contribution < 1.29 is 14.3 Å². The molecule has 1 aliphatic heterocycles. The second-order valence-corrected chi connectivity index (χ2v) is 6.90. The van der Waals surface area contributed by atoms with Gasteiger partial charge in [-0.1, -0.05) is 42.5 Å². The van der Waals surface area contributed by atoms with Gasteiger partial charge in [-0.2, -0.15) is 0 Å². The predicted octanol–water partition coefficient (Wildman–Crippen LogP) is 3.98. The molecule has 1 N–H and O–H groups in total. The third kappa shape index (κ3) is 4.61. The number of benzene rings is 2. The van der Waals surface area contributed by atoms with E-state index in [4.69, 9.17) is 4.74 Å². The first-order chi connectivity index (χ1) is 15.2. The van der Waals surface area contributed by atoms with Crippen LogP contribution in [-0.2, 0) is 9.59 Å². The van der Waals surface area contributed by atoms with Crippen molar-refractivity contribution in [2.45, 2.75) is 13.3 Å². The summed E-state index contributed by atoms with van der Waals surface area (Å²) in [5.74, 6) is 0.356. The van der Waals surface area contributed by atoms with Crippen molar-refractivity contribution >= 4 is 34.7 Å². The van der Waals surface area contributed by atoms with Crippen LogP contribution in [0.4, 0.5) is 17.2 Å². The lowest BCUT2D eigenvalue weighted by atomic mass is 10.1. The monoisotopic (exact) mass is 414 g/mol. The van der Waals surface area contributed by atoms with Crippen molar-refractivity contribution in [3.8, 4) is 5.75 Å². The van der Waals surface area contributed by atoms with E-state index >= 15 is 0 Å². The molecule has 0 bridgehead atoms. The third-order valence-corrected chi connectivity index (χ3v) is 4.77. The van der Waals surface area contributed by atoms with Crippen LogP contribution in [0.5, 0.6) is 5.75 Å². The van der Waals surface area contributed by atoms with E-state index in [0.717, 1.165) is 5.56 Å². The molecule has 0 aliphatic carbocycles. The molecule has 31 heavy (non-hydrogen) atoms. The summed E-state index contributed by atoms with van der Waals surface area (Å²) in [7, 11) is 0. The van der Waals surface area contributed by atoms with Crippen LogP contribution in [0.25, 0.3) is 0 Å². The van der Waals surface area contributed by atoms with Gasteiger partial charge in [0.1, 0.15) is 18.0 Å². The standard InChI is InChI=1S/C24H22N4O3/c1-2-31-21-13-7-6-11-18(21)27-22(29)16-28-23(30)15-20(17-9-4-3-5-10-17)26-19-12-8-14-25-24(19)28/h3-14H,2,15-16H2,1H3,(H,27,29). The van der Waals surface area contributed by atoms with Crippen LogP contribution in [0.15, 0.2) is 77.9 Å². The number of fused-ring (bicyclic) bond motifs is 1. The van der Waals surface area contributed by atoms with Crippen molar-refractivity contribution in [2.24, 2.45) is 4.99 Å². The first-order valence-corrected chi connectivity index (χ1v) is 10.1. The second kappa shape index (κ2) is 9.21. The molecule has 3 aromatic rings. The summed E-state index contributed by atoms with van der Waals surface area (Å²) in [6, 6.07) is 20.3. The summed E-state index contributed by atoms with van der Waals surface area (Å²) in [4.78, 5) is 36.4.